The van der Waals surface area contributed by atoms with E-state index in [0.29, 0.717) is 11.7 Å². The molecular weight excluding hydrogens is 318 g/mol. The van der Waals surface area contributed by atoms with Crippen molar-refractivity contribution in [2.24, 2.45) is 5.73 Å². The zero-order valence-corrected chi connectivity index (χ0v) is 14.1. The van der Waals surface area contributed by atoms with Crippen LogP contribution in [0.5, 0.6) is 0 Å². The molecule has 0 aliphatic heterocycles. The second-order valence-electron chi connectivity index (χ2n) is 5.43. The molecule has 0 saturated carbocycles. The van der Waals surface area contributed by atoms with Gasteiger partial charge >= 0.3 is 0 Å². The van der Waals surface area contributed by atoms with Crippen LogP contribution in [0.2, 0.25) is 5.15 Å². The minimum absolute atomic E-state index is 0.127. The second-order valence-corrected chi connectivity index (χ2v) is 6.93. The highest BCUT2D eigenvalue weighted by atomic mass is 35.5. The first-order valence-corrected chi connectivity index (χ1v) is 8.34. The van der Waals surface area contributed by atoms with Crippen molar-refractivity contribution < 1.29 is 4.42 Å². The Morgan fingerprint density at radius 1 is 1.50 bits per heavy atom. The van der Waals surface area contributed by atoms with E-state index in [0.717, 1.165) is 28.1 Å². The van der Waals surface area contributed by atoms with E-state index >= 15 is 0 Å². The zero-order valence-electron chi connectivity index (χ0n) is 12.5. The number of nitrogens with zero attached hydrogens (tertiary/aromatic N) is 1. The van der Waals surface area contributed by atoms with E-state index in [1.165, 1.54) is 10.4 Å². The summed E-state index contributed by atoms with van der Waals surface area (Å²) in [6, 6.07) is 5.80. The van der Waals surface area contributed by atoms with Gasteiger partial charge in [-0.2, -0.15) is 0 Å². The summed E-state index contributed by atoms with van der Waals surface area (Å²) in [4.78, 5) is 5.75. The molecule has 0 aliphatic carbocycles. The van der Waals surface area contributed by atoms with Crippen molar-refractivity contribution in [3.05, 3.63) is 45.8 Å². The van der Waals surface area contributed by atoms with Gasteiger partial charge in [0.15, 0.2) is 0 Å². The summed E-state index contributed by atoms with van der Waals surface area (Å²) in [5.74, 6) is 0.880. The molecule has 1 atom stereocenters. The molecule has 0 spiro atoms. The quantitative estimate of drug-likeness (QED) is 0.680. The number of hydrogen-bond acceptors (Lipinski definition) is 5. The van der Waals surface area contributed by atoms with E-state index in [2.05, 4.69) is 17.2 Å². The molecule has 4 nitrogen and oxygen atoms in total. The molecule has 3 N–H and O–H groups in total. The summed E-state index contributed by atoms with van der Waals surface area (Å²) in [5, 5.41) is 3.87. The Morgan fingerprint density at radius 3 is 3.00 bits per heavy atom. The fourth-order valence-corrected chi connectivity index (χ4v) is 3.98. The highest BCUT2D eigenvalue weighted by Gasteiger charge is 2.15. The molecule has 0 fully saturated rings. The minimum atomic E-state index is 0.127. The molecule has 0 amide bonds. The number of nitrogens with two attached hydrogens (primary N) is 1. The smallest absolute Gasteiger partial charge is 0.131 e. The summed E-state index contributed by atoms with van der Waals surface area (Å²) >= 11 is 7.91. The highest BCUT2D eigenvalue weighted by molar-refractivity contribution is 7.19. The molecule has 3 rings (SSSR count). The van der Waals surface area contributed by atoms with Crippen molar-refractivity contribution in [2.75, 3.05) is 5.32 Å². The van der Waals surface area contributed by atoms with Crippen molar-refractivity contribution in [2.45, 2.75) is 32.9 Å². The Hall–Kier alpha value is -1.56. The van der Waals surface area contributed by atoms with Crippen LogP contribution in [0, 0.1) is 6.92 Å². The molecule has 3 heterocycles. The normalized spacial score (nSPS) is 12.7. The molecule has 6 heteroatoms. The third-order valence-corrected chi connectivity index (χ3v) is 5.01. The fraction of sp³-hybridized carbons (Fsp3) is 0.312. The maximum atomic E-state index is 6.18. The molecule has 0 radical (unpaired) electrons. The Labute approximate surface area is 138 Å². The number of fused-ring (bicyclic) bond motifs is 1. The van der Waals surface area contributed by atoms with Crippen LogP contribution in [0.3, 0.4) is 0 Å². The molecule has 0 bridgehead atoms. The molecule has 22 heavy (non-hydrogen) atoms. The second kappa shape index (κ2) is 6.28. The zero-order chi connectivity index (χ0) is 15.7. The SMILES string of the molecule is Cc1c(CC(C)N)sc2c(NCc3ccco3)cc(Cl)nc12. The van der Waals surface area contributed by atoms with Gasteiger partial charge in [-0.15, -0.1) is 11.3 Å². The minimum Gasteiger partial charge on any atom is -0.467 e. The average Bonchev–Trinajstić information content (AvgIpc) is 3.07. The van der Waals surface area contributed by atoms with Gasteiger partial charge in [-0.05, 0) is 38.0 Å². The van der Waals surface area contributed by atoms with Crippen LogP contribution in [0.1, 0.15) is 23.1 Å². The molecular formula is C16H18ClN3OS. The van der Waals surface area contributed by atoms with Crippen LogP contribution >= 0.6 is 22.9 Å². The van der Waals surface area contributed by atoms with E-state index in [1.54, 1.807) is 17.6 Å². The van der Waals surface area contributed by atoms with Gasteiger partial charge in [-0.25, -0.2) is 4.98 Å². The van der Waals surface area contributed by atoms with Crippen LogP contribution in [-0.4, -0.2) is 11.0 Å². The summed E-state index contributed by atoms with van der Waals surface area (Å²) in [7, 11) is 0. The van der Waals surface area contributed by atoms with Crippen LogP contribution in [0.15, 0.2) is 28.9 Å². The average molecular weight is 336 g/mol. The van der Waals surface area contributed by atoms with E-state index in [9.17, 15) is 0 Å². The first kappa shape index (κ1) is 15.3. The molecule has 0 saturated heterocycles. The lowest BCUT2D eigenvalue weighted by molar-refractivity contribution is 0.518. The van der Waals surface area contributed by atoms with Gasteiger partial charge in [0.25, 0.3) is 0 Å². The Morgan fingerprint density at radius 2 is 2.32 bits per heavy atom. The van der Waals surface area contributed by atoms with E-state index in [4.69, 9.17) is 21.8 Å². The lowest BCUT2D eigenvalue weighted by Gasteiger charge is -2.06. The highest BCUT2D eigenvalue weighted by Crippen LogP contribution is 2.37. The van der Waals surface area contributed by atoms with Crippen molar-refractivity contribution >= 4 is 38.8 Å². The van der Waals surface area contributed by atoms with E-state index in [1.807, 2.05) is 25.1 Å². The third-order valence-electron chi connectivity index (χ3n) is 3.48. The van der Waals surface area contributed by atoms with Crippen molar-refractivity contribution in [3.63, 3.8) is 0 Å². The molecule has 0 aromatic carbocycles. The molecule has 0 aliphatic rings. The molecule has 3 aromatic rings. The number of anilines is 1. The molecule has 1 unspecified atom stereocenters. The predicted octanol–water partition coefficient (Wildman–Crippen LogP) is 4.35. The van der Waals surface area contributed by atoms with Gasteiger partial charge in [-0.3, -0.25) is 0 Å². The summed E-state index contributed by atoms with van der Waals surface area (Å²) in [6.07, 6.45) is 2.52. The first-order valence-electron chi connectivity index (χ1n) is 7.15. The van der Waals surface area contributed by atoms with Gasteiger partial charge in [0.05, 0.1) is 28.7 Å². The summed E-state index contributed by atoms with van der Waals surface area (Å²) in [6.45, 7) is 4.71. The van der Waals surface area contributed by atoms with Crippen LogP contribution in [-0.2, 0) is 13.0 Å². The lowest BCUT2D eigenvalue weighted by Crippen LogP contribution is -2.17. The van der Waals surface area contributed by atoms with Gasteiger partial charge < -0.3 is 15.5 Å². The number of aryl methyl sites for hydroxylation is 1. The van der Waals surface area contributed by atoms with Crippen LogP contribution in [0.4, 0.5) is 5.69 Å². The van der Waals surface area contributed by atoms with Crippen LogP contribution < -0.4 is 11.1 Å². The van der Waals surface area contributed by atoms with Crippen molar-refractivity contribution in [1.29, 1.82) is 0 Å². The number of rotatable bonds is 5. The summed E-state index contributed by atoms with van der Waals surface area (Å²) in [5.41, 5.74) is 9.04. The number of nitrogens with one attached hydrogen (secondary N) is 1. The number of furan rings is 1. The Kier molecular flexibility index (Phi) is 4.38. The monoisotopic (exact) mass is 335 g/mol. The number of thiophene rings is 1. The largest absolute Gasteiger partial charge is 0.467 e. The fourth-order valence-electron chi connectivity index (χ4n) is 2.41. The maximum absolute atomic E-state index is 6.18. The Bertz CT molecular complexity index is 780. The van der Waals surface area contributed by atoms with Gasteiger partial charge in [0.2, 0.25) is 0 Å². The van der Waals surface area contributed by atoms with E-state index in [-0.39, 0.29) is 6.04 Å². The topological polar surface area (TPSA) is 64.1 Å². The third kappa shape index (κ3) is 3.11. The number of pyridine rings is 1. The van der Waals surface area contributed by atoms with Gasteiger partial charge in [0.1, 0.15) is 10.9 Å². The first-order chi connectivity index (χ1) is 10.5. The summed E-state index contributed by atoms with van der Waals surface area (Å²) < 4.78 is 6.47. The maximum Gasteiger partial charge on any atom is 0.131 e. The van der Waals surface area contributed by atoms with Gasteiger partial charge in [-0.1, -0.05) is 11.6 Å². The Balaban J connectivity index is 1.98. The standard InChI is InChI=1S/C16H18ClN3OS/c1-9(18)6-13-10(2)15-16(22-13)12(7-14(17)20-15)19-8-11-4-3-5-21-11/h3-5,7,9H,6,8,18H2,1-2H3,(H,19,20). The van der Waals surface area contributed by atoms with Gasteiger partial charge in [0, 0.05) is 17.0 Å². The van der Waals surface area contributed by atoms with Crippen molar-refractivity contribution in [1.82, 2.24) is 4.98 Å². The van der Waals surface area contributed by atoms with Crippen LogP contribution in [0.25, 0.3) is 10.2 Å². The number of halogens is 1. The number of aromatic nitrogens is 1. The lowest BCUT2D eigenvalue weighted by atomic mass is 10.1. The van der Waals surface area contributed by atoms with Crippen molar-refractivity contribution in [3.8, 4) is 0 Å². The predicted molar refractivity (Wildman–Crippen MR) is 92.8 cm³/mol. The molecule has 3 aromatic heterocycles. The number of hydrogen-bond donors (Lipinski definition) is 2. The molecule has 116 valence electrons. The van der Waals surface area contributed by atoms with E-state index < -0.39 is 0 Å².